The molecule has 2 aromatic rings. The lowest BCUT2D eigenvalue weighted by Crippen LogP contribution is -2.08. The molecular formula is C15H13F2NO2. The van der Waals surface area contributed by atoms with Crippen LogP contribution in [0.3, 0.4) is 0 Å². The van der Waals surface area contributed by atoms with E-state index >= 15 is 0 Å². The van der Waals surface area contributed by atoms with Gasteiger partial charge in [0, 0.05) is 11.6 Å². The fraction of sp³-hybridized carbons (Fsp3) is 0.200. The van der Waals surface area contributed by atoms with Crippen molar-refractivity contribution in [1.29, 1.82) is 0 Å². The van der Waals surface area contributed by atoms with Gasteiger partial charge in [-0.1, -0.05) is 0 Å². The van der Waals surface area contributed by atoms with Crippen LogP contribution < -0.4 is 0 Å². The smallest absolute Gasteiger partial charge is 0.339 e. The predicted molar refractivity (Wildman–Crippen MR) is 70.3 cm³/mol. The van der Waals surface area contributed by atoms with Gasteiger partial charge in [0.15, 0.2) is 0 Å². The zero-order valence-corrected chi connectivity index (χ0v) is 11.1. The molecule has 0 radical (unpaired) electrons. The van der Waals surface area contributed by atoms with E-state index in [0.717, 1.165) is 6.07 Å². The van der Waals surface area contributed by atoms with E-state index < -0.39 is 17.6 Å². The summed E-state index contributed by atoms with van der Waals surface area (Å²) >= 11 is 0. The summed E-state index contributed by atoms with van der Waals surface area (Å²) in [6, 6.07) is 6.25. The molecule has 0 amide bonds. The summed E-state index contributed by atoms with van der Waals surface area (Å²) in [5.41, 5.74) is 1.51. The van der Waals surface area contributed by atoms with E-state index in [4.69, 9.17) is 4.74 Å². The Labute approximate surface area is 115 Å². The van der Waals surface area contributed by atoms with Crippen molar-refractivity contribution in [2.45, 2.75) is 13.8 Å². The molecular weight excluding hydrogens is 264 g/mol. The summed E-state index contributed by atoms with van der Waals surface area (Å²) < 4.78 is 31.3. The minimum absolute atomic E-state index is 0.273. The molecule has 0 fully saturated rings. The Hall–Kier alpha value is -2.30. The molecule has 20 heavy (non-hydrogen) atoms. The second-order valence-electron chi connectivity index (χ2n) is 4.21. The molecule has 2 rings (SSSR count). The zero-order valence-electron chi connectivity index (χ0n) is 11.1. The summed E-state index contributed by atoms with van der Waals surface area (Å²) in [6.07, 6.45) is 0. The van der Waals surface area contributed by atoms with Crippen molar-refractivity contribution < 1.29 is 18.3 Å². The molecule has 0 spiro atoms. The number of halogens is 2. The van der Waals surface area contributed by atoms with Crippen molar-refractivity contribution >= 4 is 5.97 Å². The van der Waals surface area contributed by atoms with Crippen molar-refractivity contribution in [2.24, 2.45) is 0 Å². The van der Waals surface area contributed by atoms with E-state index in [2.05, 4.69) is 4.98 Å². The van der Waals surface area contributed by atoms with Gasteiger partial charge in [-0.2, -0.15) is 0 Å². The first-order valence-electron chi connectivity index (χ1n) is 6.12. The number of hydrogen-bond acceptors (Lipinski definition) is 3. The first-order valence-corrected chi connectivity index (χ1v) is 6.12. The minimum atomic E-state index is -0.672. The number of benzene rings is 1. The molecule has 1 aromatic heterocycles. The van der Waals surface area contributed by atoms with Gasteiger partial charge >= 0.3 is 5.97 Å². The van der Waals surface area contributed by atoms with Crippen LogP contribution in [-0.4, -0.2) is 17.6 Å². The zero-order chi connectivity index (χ0) is 14.7. The van der Waals surface area contributed by atoms with Gasteiger partial charge in [0.25, 0.3) is 0 Å². The van der Waals surface area contributed by atoms with Crippen molar-refractivity contribution in [1.82, 2.24) is 4.98 Å². The number of hydrogen-bond donors (Lipinski definition) is 0. The van der Waals surface area contributed by atoms with Gasteiger partial charge in [-0.25, -0.2) is 13.6 Å². The number of carbonyl (C=O) groups excluding carboxylic acids is 1. The molecule has 1 aromatic carbocycles. The van der Waals surface area contributed by atoms with Crippen molar-refractivity contribution in [3.8, 4) is 11.3 Å². The second-order valence-corrected chi connectivity index (χ2v) is 4.21. The molecule has 0 saturated carbocycles. The molecule has 0 aliphatic rings. The van der Waals surface area contributed by atoms with Gasteiger partial charge in [-0.3, -0.25) is 4.98 Å². The fourth-order valence-corrected chi connectivity index (χ4v) is 1.85. The lowest BCUT2D eigenvalue weighted by molar-refractivity contribution is 0.0525. The van der Waals surface area contributed by atoms with Crippen molar-refractivity contribution in [2.75, 3.05) is 6.61 Å². The monoisotopic (exact) mass is 277 g/mol. The molecule has 0 aliphatic carbocycles. The first-order chi connectivity index (χ1) is 9.51. The fourth-order valence-electron chi connectivity index (χ4n) is 1.85. The predicted octanol–water partition coefficient (Wildman–Crippen LogP) is 3.51. The van der Waals surface area contributed by atoms with Crippen LogP contribution in [0.5, 0.6) is 0 Å². The maximum absolute atomic E-state index is 13.2. The van der Waals surface area contributed by atoms with Gasteiger partial charge in [0.1, 0.15) is 11.6 Å². The maximum atomic E-state index is 13.2. The highest BCUT2D eigenvalue weighted by Gasteiger charge is 2.13. The van der Waals surface area contributed by atoms with Gasteiger partial charge in [-0.15, -0.1) is 0 Å². The average molecular weight is 277 g/mol. The average Bonchev–Trinajstić information content (AvgIpc) is 2.37. The lowest BCUT2D eigenvalue weighted by Gasteiger charge is -2.07. The largest absolute Gasteiger partial charge is 0.462 e. The molecule has 1 heterocycles. The van der Waals surface area contributed by atoms with Gasteiger partial charge in [-0.05, 0) is 38.1 Å². The van der Waals surface area contributed by atoms with Gasteiger partial charge < -0.3 is 4.74 Å². The topological polar surface area (TPSA) is 39.2 Å². The Morgan fingerprint density at radius 2 is 1.85 bits per heavy atom. The standard InChI is InChI=1S/C15H13F2NO2/c1-3-20-15(19)13-4-5-14(18-9(13)2)10-6-11(16)8-12(17)7-10/h4-8H,3H2,1-2H3. The number of aromatic nitrogens is 1. The molecule has 104 valence electrons. The number of nitrogens with zero attached hydrogens (tertiary/aromatic N) is 1. The molecule has 5 heteroatoms. The van der Waals surface area contributed by atoms with E-state index in [0.29, 0.717) is 22.5 Å². The molecule has 3 nitrogen and oxygen atoms in total. The number of aryl methyl sites for hydroxylation is 1. The number of ether oxygens (including phenoxy) is 1. The van der Waals surface area contributed by atoms with Crippen LogP contribution >= 0.6 is 0 Å². The molecule has 0 saturated heterocycles. The van der Waals surface area contributed by atoms with Gasteiger partial charge in [0.05, 0.1) is 23.6 Å². The Bertz CT molecular complexity index is 636. The Morgan fingerprint density at radius 3 is 2.40 bits per heavy atom. The lowest BCUT2D eigenvalue weighted by atomic mass is 10.1. The highest BCUT2D eigenvalue weighted by atomic mass is 19.1. The van der Waals surface area contributed by atoms with E-state index in [9.17, 15) is 13.6 Å². The van der Waals surface area contributed by atoms with Gasteiger partial charge in [0.2, 0.25) is 0 Å². The summed E-state index contributed by atoms with van der Waals surface area (Å²) in [7, 11) is 0. The van der Waals surface area contributed by atoms with E-state index in [1.165, 1.54) is 18.2 Å². The van der Waals surface area contributed by atoms with Crippen LogP contribution in [0.1, 0.15) is 23.0 Å². The highest BCUT2D eigenvalue weighted by molar-refractivity contribution is 5.90. The third kappa shape index (κ3) is 2.99. The van der Waals surface area contributed by atoms with Crippen LogP contribution in [0.25, 0.3) is 11.3 Å². The van der Waals surface area contributed by atoms with Crippen LogP contribution in [0.15, 0.2) is 30.3 Å². The summed E-state index contributed by atoms with van der Waals surface area (Å²) in [4.78, 5) is 15.8. The van der Waals surface area contributed by atoms with Crippen molar-refractivity contribution in [3.05, 3.63) is 53.2 Å². The Morgan fingerprint density at radius 1 is 1.20 bits per heavy atom. The van der Waals surface area contributed by atoms with E-state index in [1.807, 2.05) is 0 Å². The first kappa shape index (κ1) is 14.1. The second kappa shape index (κ2) is 5.77. The highest BCUT2D eigenvalue weighted by Crippen LogP contribution is 2.21. The molecule has 0 bridgehead atoms. The molecule has 0 aliphatic heterocycles. The van der Waals surface area contributed by atoms with E-state index in [-0.39, 0.29) is 6.61 Å². The van der Waals surface area contributed by atoms with Crippen LogP contribution in [-0.2, 0) is 4.74 Å². The number of pyridine rings is 1. The molecule has 0 unspecified atom stereocenters. The van der Waals surface area contributed by atoms with Crippen LogP contribution in [0.2, 0.25) is 0 Å². The molecule has 0 N–H and O–H groups in total. The Balaban J connectivity index is 2.40. The Kier molecular flexibility index (Phi) is 4.08. The van der Waals surface area contributed by atoms with Crippen LogP contribution in [0.4, 0.5) is 8.78 Å². The van der Waals surface area contributed by atoms with E-state index in [1.54, 1.807) is 19.9 Å². The van der Waals surface area contributed by atoms with Crippen LogP contribution in [0, 0.1) is 18.6 Å². The number of esters is 1. The minimum Gasteiger partial charge on any atom is -0.462 e. The quantitative estimate of drug-likeness (QED) is 0.806. The normalized spacial score (nSPS) is 10.4. The number of carbonyl (C=O) groups is 1. The number of rotatable bonds is 3. The third-order valence-electron chi connectivity index (χ3n) is 2.74. The third-order valence-corrected chi connectivity index (χ3v) is 2.74. The summed E-state index contributed by atoms with van der Waals surface area (Å²) in [5, 5.41) is 0. The summed E-state index contributed by atoms with van der Waals surface area (Å²) in [6.45, 7) is 3.63. The SMILES string of the molecule is CCOC(=O)c1ccc(-c2cc(F)cc(F)c2)nc1C. The maximum Gasteiger partial charge on any atom is 0.339 e. The molecule has 0 atom stereocenters. The van der Waals surface area contributed by atoms with Crippen molar-refractivity contribution in [3.63, 3.8) is 0 Å². The summed E-state index contributed by atoms with van der Waals surface area (Å²) in [5.74, 6) is -1.81.